The molecule has 1 heterocycles. The Hall–Kier alpha value is -1.77. The average Bonchev–Trinajstić information content (AvgIpc) is 2.79. The zero-order valence-corrected chi connectivity index (χ0v) is 21.0. The average molecular weight is 399 g/mol. The Kier molecular flexibility index (Phi) is 5.58. The van der Waals surface area contributed by atoms with E-state index in [1.807, 2.05) is 11.6 Å². The molecule has 3 nitrogen and oxygen atoms in total. The SMILES string of the molecule is Cc1c(O)c(-c2c(C(C)(C)C)cc(C(C)(C)C)cc2C(C)(C)C)nn1C(C)(C)C. The molecule has 0 atom stereocenters. The number of benzene rings is 1. The van der Waals surface area contributed by atoms with Crippen LogP contribution >= 0.6 is 0 Å². The highest BCUT2D eigenvalue weighted by Gasteiger charge is 2.33. The summed E-state index contributed by atoms with van der Waals surface area (Å²) in [6, 6.07) is 4.66. The predicted octanol–water partition coefficient (Wildman–Crippen LogP) is 7.21. The quantitative estimate of drug-likeness (QED) is 0.551. The predicted molar refractivity (Wildman–Crippen MR) is 125 cm³/mol. The van der Waals surface area contributed by atoms with Crippen molar-refractivity contribution in [3.8, 4) is 17.0 Å². The molecule has 2 rings (SSSR count). The van der Waals surface area contributed by atoms with Crippen molar-refractivity contribution in [3.05, 3.63) is 34.5 Å². The van der Waals surface area contributed by atoms with E-state index in [0.29, 0.717) is 11.4 Å². The third kappa shape index (κ3) is 4.54. The van der Waals surface area contributed by atoms with Gasteiger partial charge < -0.3 is 5.11 Å². The van der Waals surface area contributed by atoms with Gasteiger partial charge in [0.1, 0.15) is 5.69 Å². The molecule has 162 valence electrons. The minimum absolute atomic E-state index is 0.0429. The first kappa shape index (κ1) is 23.5. The van der Waals surface area contributed by atoms with Crippen LogP contribution in [0.3, 0.4) is 0 Å². The molecular formula is C26H42N2O. The number of hydrogen-bond acceptors (Lipinski definition) is 2. The first-order valence-corrected chi connectivity index (χ1v) is 10.7. The van der Waals surface area contributed by atoms with Crippen molar-refractivity contribution >= 4 is 0 Å². The first-order valence-electron chi connectivity index (χ1n) is 10.7. The van der Waals surface area contributed by atoms with Gasteiger partial charge in [-0.25, -0.2) is 0 Å². The molecule has 1 aromatic heterocycles. The fourth-order valence-corrected chi connectivity index (χ4v) is 3.83. The van der Waals surface area contributed by atoms with Gasteiger partial charge in [-0.1, -0.05) is 74.4 Å². The van der Waals surface area contributed by atoms with Gasteiger partial charge in [0, 0.05) is 5.56 Å². The third-order valence-electron chi connectivity index (χ3n) is 5.58. The molecular weight excluding hydrogens is 356 g/mol. The molecule has 0 amide bonds. The highest BCUT2D eigenvalue weighted by atomic mass is 16.3. The standard InChI is InChI=1S/C26H42N2O/c1-16-22(29)21(27-28(16)26(11,12)13)20-18(24(5,6)7)14-17(23(2,3)4)15-19(20)25(8,9)10/h14-15,29H,1-13H3. The van der Waals surface area contributed by atoms with Crippen molar-refractivity contribution in [2.75, 3.05) is 0 Å². The van der Waals surface area contributed by atoms with Gasteiger partial charge in [0.25, 0.3) is 0 Å². The van der Waals surface area contributed by atoms with Gasteiger partial charge in [-0.2, -0.15) is 5.10 Å². The Morgan fingerprint density at radius 1 is 0.724 bits per heavy atom. The normalized spacial score (nSPS) is 13.8. The number of nitrogens with zero attached hydrogens (tertiary/aromatic N) is 2. The van der Waals surface area contributed by atoms with E-state index in [4.69, 9.17) is 5.10 Å². The van der Waals surface area contributed by atoms with Crippen LogP contribution in [-0.4, -0.2) is 14.9 Å². The fourth-order valence-electron chi connectivity index (χ4n) is 3.83. The second kappa shape index (κ2) is 6.89. The van der Waals surface area contributed by atoms with Gasteiger partial charge in [-0.3, -0.25) is 4.68 Å². The van der Waals surface area contributed by atoms with Crippen LogP contribution in [0.4, 0.5) is 0 Å². The Morgan fingerprint density at radius 2 is 1.14 bits per heavy atom. The molecule has 0 spiro atoms. The lowest BCUT2D eigenvalue weighted by molar-refractivity contribution is 0.345. The molecule has 0 fully saturated rings. The number of hydrogen-bond donors (Lipinski definition) is 1. The second-order valence-electron chi connectivity index (χ2n) is 12.6. The maximum Gasteiger partial charge on any atom is 0.164 e. The first-order chi connectivity index (χ1) is 12.8. The Morgan fingerprint density at radius 3 is 1.41 bits per heavy atom. The fraction of sp³-hybridized carbons (Fsp3) is 0.654. The molecule has 0 radical (unpaired) electrons. The van der Waals surface area contributed by atoms with Crippen molar-refractivity contribution in [1.29, 1.82) is 0 Å². The van der Waals surface area contributed by atoms with Gasteiger partial charge in [-0.05, 0) is 60.6 Å². The number of aromatic nitrogens is 2. The summed E-state index contributed by atoms with van der Waals surface area (Å²) in [7, 11) is 0. The monoisotopic (exact) mass is 398 g/mol. The minimum Gasteiger partial charge on any atom is -0.504 e. The number of rotatable bonds is 1. The molecule has 2 aromatic rings. The van der Waals surface area contributed by atoms with Crippen LogP contribution in [0.2, 0.25) is 0 Å². The van der Waals surface area contributed by atoms with Crippen molar-refractivity contribution in [2.45, 2.75) is 112 Å². The molecule has 29 heavy (non-hydrogen) atoms. The molecule has 1 N–H and O–H groups in total. The molecule has 1 aromatic carbocycles. The van der Waals surface area contributed by atoms with E-state index in [9.17, 15) is 5.11 Å². The van der Waals surface area contributed by atoms with Gasteiger partial charge >= 0.3 is 0 Å². The van der Waals surface area contributed by atoms with Crippen LogP contribution in [0.1, 0.15) is 105 Å². The molecule has 0 bridgehead atoms. The maximum absolute atomic E-state index is 11.2. The summed E-state index contributed by atoms with van der Waals surface area (Å²) in [6.45, 7) is 28.6. The summed E-state index contributed by atoms with van der Waals surface area (Å²) in [6.07, 6.45) is 0. The summed E-state index contributed by atoms with van der Waals surface area (Å²) in [5, 5.41) is 16.1. The summed E-state index contributed by atoms with van der Waals surface area (Å²) < 4.78 is 1.95. The Bertz CT molecular complexity index is 869. The minimum atomic E-state index is -0.199. The van der Waals surface area contributed by atoms with E-state index in [-0.39, 0.29) is 21.8 Å². The van der Waals surface area contributed by atoms with Crippen molar-refractivity contribution in [3.63, 3.8) is 0 Å². The highest BCUT2D eigenvalue weighted by Crippen LogP contribution is 2.46. The zero-order valence-electron chi connectivity index (χ0n) is 21.0. The molecule has 0 saturated carbocycles. The van der Waals surface area contributed by atoms with Crippen molar-refractivity contribution in [2.24, 2.45) is 0 Å². The maximum atomic E-state index is 11.2. The van der Waals surface area contributed by atoms with Gasteiger partial charge in [0.15, 0.2) is 5.75 Å². The highest BCUT2D eigenvalue weighted by molar-refractivity contribution is 5.77. The molecule has 0 aliphatic heterocycles. The molecule has 0 unspecified atom stereocenters. The van der Waals surface area contributed by atoms with E-state index >= 15 is 0 Å². The largest absolute Gasteiger partial charge is 0.504 e. The van der Waals surface area contributed by atoms with Gasteiger partial charge in [0.2, 0.25) is 0 Å². The van der Waals surface area contributed by atoms with Gasteiger partial charge in [0.05, 0.1) is 11.2 Å². The van der Waals surface area contributed by atoms with E-state index in [1.54, 1.807) is 0 Å². The van der Waals surface area contributed by atoms with E-state index in [0.717, 1.165) is 11.3 Å². The van der Waals surface area contributed by atoms with Crippen LogP contribution in [0.25, 0.3) is 11.3 Å². The third-order valence-corrected chi connectivity index (χ3v) is 5.58. The van der Waals surface area contributed by atoms with E-state index in [1.165, 1.54) is 16.7 Å². The van der Waals surface area contributed by atoms with Crippen molar-refractivity contribution in [1.82, 2.24) is 9.78 Å². The lowest BCUT2D eigenvalue weighted by atomic mass is 9.71. The summed E-state index contributed by atoms with van der Waals surface area (Å²) in [5.74, 6) is 0.291. The lowest BCUT2D eigenvalue weighted by Crippen LogP contribution is -2.25. The van der Waals surface area contributed by atoms with Crippen LogP contribution in [-0.2, 0) is 21.8 Å². The summed E-state index contributed by atoms with van der Waals surface area (Å²) in [4.78, 5) is 0. The van der Waals surface area contributed by atoms with Crippen LogP contribution in [0, 0.1) is 6.92 Å². The summed E-state index contributed by atoms with van der Waals surface area (Å²) >= 11 is 0. The van der Waals surface area contributed by atoms with E-state index < -0.39 is 0 Å². The molecule has 0 aliphatic carbocycles. The van der Waals surface area contributed by atoms with Crippen LogP contribution in [0.5, 0.6) is 5.75 Å². The van der Waals surface area contributed by atoms with Crippen molar-refractivity contribution < 1.29 is 5.11 Å². The van der Waals surface area contributed by atoms with Crippen LogP contribution < -0.4 is 0 Å². The second-order valence-corrected chi connectivity index (χ2v) is 12.6. The molecule has 0 aliphatic rings. The summed E-state index contributed by atoms with van der Waals surface area (Å²) in [5.41, 5.74) is 6.08. The smallest absolute Gasteiger partial charge is 0.164 e. The zero-order chi connectivity index (χ0) is 22.7. The van der Waals surface area contributed by atoms with E-state index in [2.05, 4.69) is 95.2 Å². The van der Waals surface area contributed by atoms with Crippen LogP contribution in [0.15, 0.2) is 12.1 Å². The lowest BCUT2D eigenvalue weighted by Gasteiger charge is -2.33. The topological polar surface area (TPSA) is 38.1 Å². The molecule has 3 heteroatoms. The Balaban J connectivity index is 3.06. The molecule has 0 saturated heterocycles. The van der Waals surface area contributed by atoms with Gasteiger partial charge in [-0.15, -0.1) is 0 Å². The Labute approximate surface area is 178 Å². The number of aromatic hydroxyl groups is 1.